The minimum Gasteiger partial charge on any atom is -0.398 e. The van der Waals surface area contributed by atoms with Crippen LogP contribution < -0.4 is 11.1 Å². The average Bonchev–Trinajstić information content (AvgIpc) is 2.28. The van der Waals surface area contributed by atoms with Crippen molar-refractivity contribution in [1.29, 1.82) is 0 Å². The molecule has 0 heterocycles. The van der Waals surface area contributed by atoms with E-state index in [9.17, 15) is 9.90 Å². The van der Waals surface area contributed by atoms with E-state index in [0.29, 0.717) is 11.3 Å². The van der Waals surface area contributed by atoms with E-state index in [2.05, 4.69) is 5.32 Å². The van der Waals surface area contributed by atoms with Crippen molar-refractivity contribution in [2.24, 2.45) is 5.92 Å². The Kier molecular flexibility index (Phi) is 4.52. The van der Waals surface area contributed by atoms with E-state index < -0.39 is 0 Å². The topological polar surface area (TPSA) is 75.4 Å². The number of anilines is 1. The molecule has 4 heteroatoms. The van der Waals surface area contributed by atoms with Crippen LogP contribution in [0.2, 0.25) is 0 Å². The standard InChI is InChI=1S/C13H20N2O2/c1-8(2)12(7-16)15-13(17)10-5-4-6-11(14)9(10)3/h4-6,8,12,16H,7,14H2,1-3H3,(H,15,17)/t12-/m1/s1. The Bertz CT molecular complexity index is 402. The van der Waals surface area contributed by atoms with Crippen molar-refractivity contribution in [3.8, 4) is 0 Å². The molecule has 1 atom stereocenters. The van der Waals surface area contributed by atoms with Crippen LogP contribution in [0.3, 0.4) is 0 Å². The molecule has 1 aromatic rings. The number of nitrogens with two attached hydrogens (primary N) is 1. The van der Waals surface area contributed by atoms with Crippen molar-refractivity contribution in [3.63, 3.8) is 0 Å². The molecule has 4 N–H and O–H groups in total. The molecule has 4 nitrogen and oxygen atoms in total. The second kappa shape index (κ2) is 5.68. The number of hydrogen-bond donors (Lipinski definition) is 3. The predicted octanol–water partition coefficient (Wildman–Crippen LogP) is 1.32. The number of aliphatic hydroxyl groups excluding tert-OH is 1. The highest BCUT2D eigenvalue weighted by Crippen LogP contribution is 2.15. The van der Waals surface area contributed by atoms with Gasteiger partial charge < -0.3 is 16.2 Å². The Morgan fingerprint density at radius 2 is 2.12 bits per heavy atom. The molecule has 0 radical (unpaired) electrons. The van der Waals surface area contributed by atoms with Crippen molar-refractivity contribution in [3.05, 3.63) is 29.3 Å². The van der Waals surface area contributed by atoms with E-state index in [-0.39, 0.29) is 24.5 Å². The molecule has 0 aliphatic rings. The van der Waals surface area contributed by atoms with Gasteiger partial charge in [0.05, 0.1) is 12.6 Å². The van der Waals surface area contributed by atoms with Crippen LogP contribution in [-0.4, -0.2) is 23.7 Å². The molecule has 17 heavy (non-hydrogen) atoms. The third-order valence-electron chi connectivity index (χ3n) is 2.94. The van der Waals surface area contributed by atoms with Gasteiger partial charge in [0.15, 0.2) is 0 Å². The Hall–Kier alpha value is -1.55. The summed E-state index contributed by atoms with van der Waals surface area (Å²) in [7, 11) is 0. The summed E-state index contributed by atoms with van der Waals surface area (Å²) in [6.45, 7) is 5.65. The van der Waals surface area contributed by atoms with Gasteiger partial charge >= 0.3 is 0 Å². The SMILES string of the molecule is Cc1c(N)cccc1C(=O)N[C@H](CO)C(C)C. The lowest BCUT2D eigenvalue weighted by Gasteiger charge is -2.20. The number of amides is 1. The minimum atomic E-state index is -0.233. The van der Waals surface area contributed by atoms with Gasteiger partial charge in [-0.2, -0.15) is 0 Å². The van der Waals surface area contributed by atoms with E-state index in [1.807, 2.05) is 20.8 Å². The smallest absolute Gasteiger partial charge is 0.251 e. The first-order valence-corrected chi connectivity index (χ1v) is 5.74. The van der Waals surface area contributed by atoms with Crippen molar-refractivity contribution in [2.45, 2.75) is 26.8 Å². The third kappa shape index (κ3) is 3.20. The van der Waals surface area contributed by atoms with Gasteiger partial charge in [0, 0.05) is 11.3 Å². The molecule has 0 saturated heterocycles. The summed E-state index contributed by atoms with van der Waals surface area (Å²) < 4.78 is 0. The van der Waals surface area contributed by atoms with Crippen LogP contribution in [0.4, 0.5) is 5.69 Å². The lowest BCUT2D eigenvalue weighted by atomic mass is 10.0. The predicted molar refractivity (Wildman–Crippen MR) is 68.8 cm³/mol. The molecule has 1 rings (SSSR count). The number of hydrogen-bond acceptors (Lipinski definition) is 3. The van der Waals surface area contributed by atoms with Gasteiger partial charge in [-0.1, -0.05) is 19.9 Å². The molecule has 0 aromatic heterocycles. The van der Waals surface area contributed by atoms with E-state index in [1.165, 1.54) is 0 Å². The fourth-order valence-electron chi connectivity index (χ4n) is 1.57. The Morgan fingerprint density at radius 1 is 1.47 bits per heavy atom. The molecule has 0 saturated carbocycles. The molecule has 0 aliphatic heterocycles. The van der Waals surface area contributed by atoms with Gasteiger partial charge in [-0.25, -0.2) is 0 Å². The minimum absolute atomic E-state index is 0.0647. The summed E-state index contributed by atoms with van der Waals surface area (Å²) in [5.74, 6) is -0.00661. The lowest BCUT2D eigenvalue weighted by Crippen LogP contribution is -2.41. The summed E-state index contributed by atoms with van der Waals surface area (Å²) in [5.41, 5.74) is 7.68. The number of benzene rings is 1. The number of rotatable bonds is 4. The lowest BCUT2D eigenvalue weighted by molar-refractivity contribution is 0.0896. The molecule has 0 aliphatic carbocycles. The molecular formula is C13H20N2O2. The quantitative estimate of drug-likeness (QED) is 0.690. The summed E-state index contributed by atoms with van der Waals surface area (Å²) in [6.07, 6.45) is 0. The van der Waals surface area contributed by atoms with Gasteiger partial charge in [-0.3, -0.25) is 4.79 Å². The summed E-state index contributed by atoms with van der Waals surface area (Å²) in [6, 6.07) is 5.01. The van der Waals surface area contributed by atoms with E-state index in [0.717, 1.165) is 5.56 Å². The summed E-state index contributed by atoms with van der Waals surface area (Å²) in [4.78, 5) is 12.0. The first-order chi connectivity index (χ1) is 7.97. The van der Waals surface area contributed by atoms with Crippen LogP contribution in [0.5, 0.6) is 0 Å². The van der Waals surface area contributed by atoms with Gasteiger partial charge in [-0.05, 0) is 30.5 Å². The zero-order chi connectivity index (χ0) is 13.0. The fraction of sp³-hybridized carbons (Fsp3) is 0.462. The van der Waals surface area contributed by atoms with Crippen LogP contribution >= 0.6 is 0 Å². The van der Waals surface area contributed by atoms with Crippen molar-refractivity contribution < 1.29 is 9.90 Å². The van der Waals surface area contributed by atoms with Crippen molar-refractivity contribution >= 4 is 11.6 Å². The molecule has 0 spiro atoms. The second-order valence-corrected chi connectivity index (χ2v) is 4.53. The van der Waals surface area contributed by atoms with Crippen LogP contribution in [0.25, 0.3) is 0 Å². The average molecular weight is 236 g/mol. The van der Waals surface area contributed by atoms with Crippen LogP contribution in [-0.2, 0) is 0 Å². The summed E-state index contributed by atoms with van der Waals surface area (Å²) in [5, 5.41) is 12.0. The number of carbonyl (C=O) groups is 1. The van der Waals surface area contributed by atoms with E-state index >= 15 is 0 Å². The highest BCUT2D eigenvalue weighted by atomic mass is 16.3. The third-order valence-corrected chi connectivity index (χ3v) is 2.94. The first-order valence-electron chi connectivity index (χ1n) is 5.74. The van der Waals surface area contributed by atoms with Gasteiger partial charge in [0.1, 0.15) is 0 Å². The highest BCUT2D eigenvalue weighted by Gasteiger charge is 2.17. The molecule has 1 amide bonds. The van der Waals surface area contributed by atoms with E-state index in [4.69, 9.17) is 5.73 Å². The van der Waals surface area contributed by atoms with Crippen LogP contribution in [0, 0.1) is 12.8 Å². The normalized spacial score (nSPS) is 12.5. The van der Waals surface area contributed by atoms with Crippen molar-refractivity contribution in [2.75, 3.05) is 12.3 Å². The molecule has 0 unspecified atom stereocenters. The molecule has 1 aromatic carbocycles. The number of carbonyl (C=O) groups excluding carboxylic acids is 1. The zero-order valence-electron chi connectivity index (χ0n) is 10.5. The Balaban J connectivity index is 2.86. The zero-order valence-corrected chi connectivity index (χ0v) is 10.5. The van der Waals surface area contributed by atoms with Crippen LogP contribution in [0.15, 0.2) is 18.2 Å². The number of nitrogen functional groups attached to an aromatic ring is 1. The fourth-order valence-corrected chi connectivity index (χ4v) is 1.57. The largest absolute Gasteiger partial charge is 0.398 e. The highest BCUT2D eigenvalue weighted by molar-refractivity contribution is 5.97. The second-order valence-electron chi connectivity index (χ2n) is 4.53. The maximum absolute atomic E-state index is 12.0. The molecular weight excluding hydrogens is 216 g/mol. The van der Waals surface area contributed by atoms with Crippen LogP contribution in [0.1, 0.15) is 29.8 Å². The maximum atomic E-state index is 12.0. The summed E-state index contributed by atoms with van der Waals surface area (Å²) >= 11 is 0. The monoisotopic (exact) mass is 236 g/mol. The van der Waals surface area contributed by atoms with Crippen molar-refractivity contribution in [1.82, 2.24) is 5.32 Å². The molecule has 0 bridgehead atoms. The molecule has 94 valence electrons. The maximum Gasteiger partial charge on any atom is 0.251 e. The Morgan fingerprint density at radius 3 is 2.65 bits per heavy atom. The number of nitrogens with one attached hydrogen (secondary N) is 1. The Labute approximate surface area is 102 Å². The van der Waals surface area contributed by atoms with Gasteiger partial charge in [0.2, 0.25) is 0 Å². The van der Waals surface area contributed by atoms with Gasteiger partial charge in [-0.15, -0.1) is 0 Å². The number of aliphatic hydroxyl groups is 1. The first kappa shape index (κ1) is 13.5. The van der Waals surface area contributed by atoms with E-state index in [1.54, 1.807) is 18.2 Å². The molecule has 0 fully saturated rings. The van der Waals surface area contributed by atoms with Gasteiger partial charge in [0.25, 0.3) is 5.91 Å².